The van der Waals surface area contributed by atoms with Gasteiger partial charge in [-0.2, -0.15) is 0 Å². The number of carbonyl (C=O) groups excluding carboxylic acids is 1. The molecule has 1 aliphatic rings. The number of fused-ring (bicyclic) bond motifs is 1. The van der Waals surface area contributed by atoms with Gasteiger partial charge in [0.15, 0.2) is 5.13 Å². The Hall–Kier alpha value is -2.40. The van der Waals surface area contributed by atoms with Crippen molar-refractivity contribution in [1.82, 2.24) is 4.98 Å². The number of hydrogen-bond donors (Lipinski definition) is 1. The first-order valence-electron chi connectivity index (χ1n) is 7.94. The number of anilines is 1. The van der Waals surface area contributed by atoms with E-state index in [9.17, 15) is 4.79 Å². The van der Waals surface area contributed by atoms with Gasteiger partial charge in [0.05, 0.1) is 22.7 Å². The number of nitrogens with zero attached hydrogens (tertiary/aromatic N) is 1. The number of nitrogens with one attached hydrogen (secondary N) is 1. The SMILES string of the molecule is COc1ccc(C2(C(=O)Nc3nc4c(C)cccc4s3)CC2)cc1. The van der Waals surface area contributed by atoms with Gasteiger partial charge in [0.2, 0.25) is 5.91 Å². The van der Waals surface area contributed by atoms with Crippen LogP contribution in [0.1, 0.15) is 24.0 Å². The third-order valence-electron chi connectivity index (χ3n) is 4.67. The third-order valence-corrected chi connectivity index (χ3v) is 5.60. The third kappa shape index (κ3) is 2.45. The summed E-state index contributed by atoms with van der Waals surface area (Å²) in [7, 11) is 1.64. The van der Waals surface area contributed by atoms with Crippen LogP contribution in [-0.2, 0) is 10.2 Å². The molecular weight excluding hydrogens is 320 g/mol. The normalized spacial score (nSPS) is 15.2. The van der Waals surface area contributed by atoms with Crippen LogP contribution in [0.5, 0.6) is 5.75 Å². The van der Waals surface area contributed by atoms with E-state index >= 15 is 0 Å². The fourth-order valence-electron chi connectivity index (χ4n) is 3.04. The second kappa shape index (κ2) is 5.60. The number of ether oxygens (including phenoxy) is 1. The highest BCUT2D eigenvalue weighted by molar-refractivity contribution is 7.22. The average Bonchev–Trinajstić information content (AvgIpc) is 3.31. The quantitative estimate of drug-likeness (QED) is 0.772. The number of thiazole rings is 1. The maximum atomic E-state index is 12.8. The first-order valence-corrected chi connectivity index (χ1v) is 8.76. The molecule has 1 amide bonds. The molecule has 0 aliphatic heterocycles. The highest BCUT2D eigenvalue weighted by Gasteiger charge is 2.51. The Morgan fingerprint density at radius 1 is 1.21 bits per heavy atom. The summed E-state index contributed by atoms with van der Waals surface area (Å²) < 4.78 is 6.29. The first-order chi connectivity index (χ1) is 11.6. The van der Waals surface area contributed by atoms with Crippen molar-refractivity contribution in [2.45, 2.75) is 25.2 Å². The zero-order valence-corrected chi connectivity index (χ0v) is 14.4. The molecule has 0 saturated heterocycles. The maximum absolute atomic E-state index is 12.8. The maximum Gasteiger partial charge on any atom is 0.236 e. The molecule has 1 N–H and O–H groups in total. The van der Waals surface area contributed by atoms with Gasteiger partial charge in [0, 0.05) is 0 Å². The van der Waals surface area contributed by atoms with Crippen LogP contribution in [-0.4, -0.2) is 18.0 Å². The minimum absolute atomic E-state index is 0.0318. The predicted molar refractivity (Wildman–Crippen MR) is 96.9 cm³/mol. The van der Waals surface area contributed by atoms with Crippen LogP contribution < -0.4 is 10.1 Å². The van der Waals surface area contributed by atoms with Crippen molar-refractivity contribution in [3.8, 4) is 5.75 Å². The first kappa shape index (κ1) is 15.1. The lowest BCUT2D eigenvalue weighted by Crippen LogP contribution is -2.27. The lowest BCUT2D eigenvalue weighted by Gasteiger charge is -2.15. The van der Waals surface area contributed by atoms with Gasteiger partial charge in [0.1, 0.15) is 5.75 Å². The van der Waals surface area contributed by atoms with Crippen LogP contribution in [0.3, 0.4) is 0 Å². The van der Waals surface area contributed by atoms with Crippen LogP contribution in [0.2, 0.25) is 0 Å². The second-order valence-electron chi connectivity index (χ2n) is 6.21. The Labute approximate surface area is 144 Å². The molecular formula is C19H18N2O2S. The smallest absolute Gasteiger partial charge is 0.236 e. The van der Waals surface area contributed by atoms with Crippen molar-refractivity contribution in [2.24, 2.45) is 0 Å². The van der Waals surface area contributed by atoms with Gasteiger partial charge in [0.25, 0.3) is 0 Å². The number of benzene rings is 2. The molecule has 1 aliphatic carbocycles. The predicted octanol–water partition coefficient (Wildman–Crippen LogP) is 4.28. The molecule has 1 heterocycles. The molecule has 4 rings (SSSR count). The molecule has 122 valence electrons. The topological polar surface area (TPSA) is 51.2 Å². The molecule has 24 heavy (non-hydrogen) atoms. The summed E-state index contributed by atoms with van der Waals surface area (Å²) in [6.45, 7) is 2.04. The van der Waals surface area contributed by atoms with Crippen LogP contribution in [0.4, 0.5) is 5.13 Å². The molecule has 0 spiro atoms. The number of aromatic nitrogens is 1. The summed E-state index contributed by atoms with van der Waals surface area (Å²) in [5.74, 6) is 0.834. The monoisotopic (exact) mass is 338 g/mol. The van der Waals surface area contributed by atoms with Crippen LogP contribution in [0.25, 0.3) is 10.2 Å². The summed E-state index contributed by atoms with van der Waals surface area (Å²) in [4.78, 5) is 17.4. The number of para-hydroxylation sites is 1. The fraction of sp³-hybridized carbons (Fsp3) is 0.263. The molecule has 5 heteroatoms. The average molecular weight is 338 g/mol. The number of rotatable bonds is 4. The second-order valence-corrected chi connectivity index (χ2v) is 7.24. The van der Waals surface area contributed by atoms with Crippen LogP contribution in [0, 0.1) is 6.92 Å². The van der Waals surface area contributed by atoms with Crippen molar-refractivity contribution in [3.05, 3.63) is 53.6 Å². The van der Waals surface area contributed by atoms with Crippen molar-refractivity contribution >= 4 is 32.6 Å². The van der Waals surface area contributed by atoms with E-state index in [1.54, 1.807) is 7.11 Å². The zero-order chi connectivity index (χ0) is 16.7. The van der Waals surface area contributed by atoms with E-state index in [4.69, 9.17) is 4.74 Å². The Kier molecular flexibility index (Phi) is 3.53. The van der Waals surface area contributed by atoms with Gasteiger partial charge in [-0.1, -0.05) is 35.6 Å². The lowest BCUT2D eigenvalue weighted by atomic mass is 9.95. The molecule has 1 saturated carbocycles. The van der Waals surface area contributed by atoms with Crippen LogP contribution >= 0.6 is 11.3 Å². The summed E-state index contributed by atoms with van der Waals surface area (Å²) in [6, 6.07) is 13.9. The fourth-order valence-corrected chi connectivity index (χ4v) is 3.98. The summed E-state index contributed by atoms with van der Waals surface area (Å²) >= 11 is 1.52. The molecule has 0 radical (unpaired) electrons. The molecule has 1 aromatic heterocycles. The van der Waals surface area contributed by atoms with E-state index in [2.05, 4.69) is 10.3 Å². The molecule has 0 atom stereocenters. The molecule has 1 fully saturated rings. The van der Waals surface area contributed by atoms with Crippen LogP contribution in [0.15, 0.2) is 42.5 Å². The summed E-state index contributed by atoms with van der Waals surface area (Å²) in [5, 5.41) is 3.70. The molecule has 4 nitrogen and oxygen atoms in total. The number of aryl methyl sites for hydroxylation is 1. The van der Waals surface area contributed by atoms with E-state index in [0.29, 0.717) is 5.13 Å². The number of methoxy groups -OCH3 is 1. The lowest BCUT2D eigenvalue weighted by molar-refractivity contribution is -0.118. The van der Waals surface area contributed by atoms with E-state index in [-0.39, 0.29) is 5.91 Å². The molecule has 0 unspecified atom stereocenters. The minimum Gasteiger partial charge on any atom is -0.497 e. The van der Waals surface area contributed by atoms with E-state index < -0.39 is 5.41 Å². The molecule has 0 bridgehead atoms. The Bertz CT molecular complexity index is 911. The molecule has 3 aromatic rings. The number of amides is 1. The van der Waals surface area contributed by atoms with Gasteiger partial charge in [-0.05, 0) is 49.1 Å². The standard InChI is InChI=1S/C19H18N2O2S/c1-12-4-3-5-15-16(12)20-18(24-15)21-17(22)19(10-11-19)13-6-8-14(23-2)9-7-13/h3-9H,10-11H2,1-2H3,(H,20,21,22). The Morgan fingerprint density at radius 2 is 1.96 bits per heavy atom. The minimum atomic E-state index is -0.417. The number of carbonyl (C=O) groups is 1. The van der Waals surface area contributed by atoms with E-state index in [1.165, 1.54) is 11.3 Å². The van der Waals surface area contributed by atoms with Crippen molar-refractivity contribution in [3.63, 3.8) is 0 Å². The van der Waals surface area contributed by atoms with Crippen molar-refractivity contribution in [1.29, 1.82) is 0 Å². The summed E-state index contributed by atoms with van der Waals surface area (Å²) in [6.07, 6.45) is 1.74. The highest BCUT2D eigenvalue weighted by atomic mass is 32.1. The van der Waals surface area contributed by atoms with Crippen molar-refractivity contribution < 1.29 is 9.53 Å². The summed E-state index contributed by atoms with van der Waals surface area (Å²) in [5.41, 5.74) is 2.71. The number of hydrogen-bond acceptors (Lipinski definition) is 4. The Morgan fingerprint density at radius 3 is 2.58 bits per heavy atom. The Balaban J connectivity index is 1.59. The molecule has 2 aromatic carbocycles. The highest BCUT2D eigenvalue weighted by Crippen LogP contribution is 2.49. The van der Waals surface area contributed by atoms with Gasteiger partial charge in [-0.3, -0.25) is 4.79 Å². The largest absolute Gasteiger partial charge is 0.497 e. The zero-order valence-electron chi connectivity index (χ0n) is 13.6. The van der Waals surface area contributed by atoms with E-state index in [0.717, 1.165) is 39.9 Å². The van der Waals surface area contributed by atoms with Gasteiger partial charge in [-0.25, -0.2) is 4.98 Å². The van der Waals surface area contributed by atoms with Gasteiger partial charge >= 0.3 is 0 Å². The van der Waals surface area contributed by atoms with Gasteiger partial charge < -0.3 is 10.1 Å². The van der Waals surface area contributed by atoms with Gasteiger partial charge in [-0.15, -0.1) is 0 Å². The van der Waals surface area contributed by atoms with Crippen molar-refractivity contribution in [2.75, 3.05) is 12.4 Å². The van der Waals surface area contributed by atoms with E-state index in [1.807, 2.05) is 49.4 Å².